The van der Waals surface area contributed by atoms with Gasteiger partial charge in [0.25, 0.3) is 11.8 Å². The maximum Gasteiger partial charge on any atom is 0.277 e. The zero-order valence-electron chi connectivity index (χ0n) is 16.4. The van der Waals surface area contributed by atoms with Crippen molar-refractivity contribution in [1.29, 1.82) is 0 Å². The van der Waals surface area contributed by atoms with Crippen LogP contribution in [0.3, 0.4) is 0 Å². The molecule has 0 radical (unpaired) electrons. The molecule has 1 fully saturated rings. The molecule has 8 heteroatoms. The fraction of sp³-hybridized carbons (Fsp3) is 0.500. The van der Waals surface area contributed by atoms with Crippen LogP contribution in [-0.4, -0.2) is 80.0 Å². The van der Waals surface area contributed by atoms with E-state index in [-0.39, 0.29) is 31.0 Å². The number of ether oxygens (including phenoxy) is 1. The molecule has 1 aromatic rings. The number of carbonyl (C=O) groups excluding carboxylic acids is 2. The van der Waals surface area contributed by atoms with Gasteiger partial charge in [-0.15, -0.1) is 0 Å². The van der Waals surface area contributed by atoms with Crippen LogP contribution in [0.25, 0.3) is 5.57 Å². The van der Waals surface area contributed by atoms with Gasteiger partial charge in [0, 0.05) is 30.8 Å². The summed E-state index contributed by atoms with van der Waals surface area (Å²) < 4.78 is 5.08. The number of hydrogen-bond acceptors (Lipinski definition) is 5. The van der Waals surface area contributed by atoms with Crippen molar-refractivity contribution in [2.75, 3.05) is 47.4 Å². The van der Waals surface area contributed by atoms with Crippen LogP contribution in [-0.2, 0) is 14.3 Å². The van der Waals surface area contributed by atoms with Crippen LogP contribution in [0.15, 0.2) is 23.9 Å². The van der Waals surface area contributed by atoms with Gasteiger partial charge >= 0.3 is 0 Å². The Morgan fingerprint density at radius 1 is 1.18 bits per heavy atom. The van der Waals surface area contributed by atoms with Gasteiger partial charge in [0.2, 0.25) is 0 Å². The summed E-state index contributed by atoms with van der Waals surface area (Å²) in [5.74, 6) is -0.648. The topological polar surface area (TPSA) is 53.1 Å². The Bertz CT molecular complexity index is 804. The van der Waals surface area contributed by atoms with Crippen LogP contribution < -0.4 is 0 Å². The first-order valence-corrected chi connectivity index (χ1v) is 10.1. The molecule has 2 aliphatic rings. The fourth-order valence-electron chi connectivity index (χ4n) is 3.78. The highest BCUT2D eigenvalue weighted by atomic mass is 35.5. The number of hydrogen-bond donors (Lipinski definition) is 0. The van der Waals surface area contributed by atoms with Gasteiger partial charge in [0.1, 0.15) is 5.70 Å². The zero-order valence-corrected chi connectivity index (χ0v) is 17.9. The van der Waals surface area contributed by atoms with E-state index in [1.54, 1.807) is 25.3 Å². The van der Waals surface area contributed by atoms with E-state index in [0.29, 0.717) is 26.9 Å². The Morgan fingerprint density at radius 2 is 1.86 bits per heavy atom. The Morgan fingerprint density at radius 3 is 2.46 bits per heavy atom. The summed E-state index contributed by atoms with van der Waals surface area (Å²) in [5.41, 5.74) is 1.27. The number of imide groups is 1. The third-order valence-corrected chi connectivity index (χ3v) is 6.00. The standard InChI is InChI=1S/C20H25Cl2N3O3/c1-23-8-6-14(7-9-23)24(2)18-17(15-5-4-13(21)12-16(15)22)19(26)25(20(18)27)10-11-28-3/h4-5,12,14H,6-11H2,1-3H3. The summed E-state index contributed by atoms with van der Waals surface area (Å²) in [5, 5.41) is 0.833. The van der Waals surface area contributed by atoms with Crippen molar-refractivity contribution in [3.05, 3.63) is 39.5 Å². The van der Waals surface area contributed by atoms with E-state index in [2.05, 4.69) is 11.9 Å². The fourth-order valence-corrected chi connectivity index (χ4v) is 4.28. The molecule has 1 saturated heterocycles. The number of likely N-dealkylation sites (N-methyl/N-ethyl adjacent to an activating group) is 1. The van der Waals surface area contributed by atoms with E-state index < -0.39 is 0 Å². The van der Waals surface area contributed by atoms with Crippen LogP contribution in [0, 0.1) is 0 Å². The molecule has 28 heavy (non-hydrogen) atoms. The number of benzene rings is 1. The first-order valence-electron chi connectivity index (χ1n) is 9.31. The first kappa shape index (κ1) is 21.1. The van der Waals surface area contributed by atoms with E-state index in [4.69, 9.17) is 27.9 Å². The van der Waals surface area contributed by atoms with Crippen LogP contribution in [0.4, 0.5) is 0 Å². The van der Waals surface area contributed by atoms with Crippen molar-refractivity contribution in [3.63, 3.8) is 0 Å². The molecule has 0 spiro atoms. The molecule has 0 aliphatic carbocycles. The zero-order chi connectivity index (χ0) is 20.4. The number of halogens is 2. The van der Waals surface area contributed by atoms with E-state index in [1.807, 2.05) is 11.9 Å². The molecule has 1 aromatic carbocycles. The monoisotopic (exact) mass is 425 g/mol. The number of piperidine rings is 1. The number of carbonyl (C=O) groups is 2. The second kappa shape index (κ2) is 8.82. The summed E-state index contributed by atoms with van der Waals surface area (Å²) in [6.45, 7) is 2.39. The lowest BCUT2D eigenvalue weighted by Crippen LogP contribution is -2.44. The van der Waals surface area contributed by atoms with Gasteiger partial charge in [0.05, 0.1) is 23.7 Å². The van der Waals surface area contributed by atoms with Gasteiger partial charge in [0.15, 0.2) is 0 Å². The molecule has 0 bridgehead atoms. The first-order chi connectivity index (χ1) is 13.3. The molecule has 0 N–H and O–H groups in total. The van der Waals surface area contributed by atoms with Gasteiger partial charge in [-0.1, -0.05) is 29.3 Å². The summed E-state index contributed by atoms with van der Waals surface area (Å²) >= 11 is 12.4. The van der Waals surface area contributed by atoms with E-state index >= 15 is 0 Å². The van der Waals surface area contributed by atoms with Crippen molar-refractivity contribution >= 4 is 40.6 Å². The molecule has 2 aliphatic heterocycles. The quantitative estimate of drug-likeness (QED) is 0.655. The SMILES string of the molecule is COCCN1C(=O)C(c2ccc(Cl)cc2Cl)=C(N(C)C2CCN(C)CC2)C1=O. The second-order valence-corrected chi connectivity index (χ2v) is 8.09. The summed E-state index contributed by atoms with van der Waals surface area (Å²) in [6, 6.07) is 5.16. The Kier molecular flexibility index (Phi) is 6.65. The second-order valence-electron chi connectivity index (χ2n) is 7.25. The van der Waals surface area contributed by atoms with Gasteiger partial charge < -0.3 is 14.5 Å². The normalized spacial score (nSPS) is 19.1. The molecule has 6 nitrogen and oxygen atoms in total. The molecular weight excluding hydrogens is 401 g/mol. The van der Waals surface area contributed by atoms with Gasteiger partial charge in [-0.3, -0.25) is 14.5 Å². The van der Waals surface area contributed by atoms with E-state index in [1.165, 1.54) is 4.90 Å². The average Bonchev–Trinajstić information content (AvgIpc) is 2.90. The Balaban J connectivity index is 2.03. The number of methoxy groups -OCH3 is 1. The molecule has 0 aromatic heterocycles. The largest absolute Gasteiger partial charge is 0.383 e. The Hall–Kier alpha value is -1.60. The predicted octanol–water partition coefficient (Wildman–Crippen LogP) is 2.75. The van der Waals surface area contributed by atoms with Gasteiger partial charge in [-0.2, -0.15) is 0 Å². The van der Waals surface area contributed by atoms with E-state index in [9.17, 15) is 9.59 Å². The molecule has 152 valence electrons. The van der Waals surface area contributed by atoms with Crippen LogP contribution in [0.1, 0.15) is 18.4 Å². The average molecular weight is 426 g/mol. The van der Waals surface area contributed by atoms with Crippen molar-refractivity contribution in [2.45, 2.75) is 18.9 Å². The molecule has 0 unspecified atom stereocenters. The lowest BCUT2D eigenvalue weighted by atomic mass is 10.00. The minimum absolute atomic E-state index is 0.186. The summed E-state index contributed by atoms with van der Waals surface area (Å²) in [4.78, 5) is 31.8. The molecule has 2 amide bonds. The third kappa shape index (κ3) is 4.06. The lowest BCUT2D eigenvalue weighted by Gasteiger charge is -2.36. The smallest absolute Gasteiger partial charge is 0.277 e. The summed E-state index contributed by atoms with van der Waals surface area (Å²) in [7, 11) is 5.52. The third-order valence-electron chi connectivity index (χ3n) is 5.45. The van der Waals surface area contributed by atoms with Crippen molar-refractivity contribution < 1.29 is 14.3 Å². The lowest BCUT2D eigenvalue weighted by molar-refractivity contribution is -0.138. The minimum Gasteiger partial charge on any atom is -0.383 e. The number of rotatable bonds is 6. The number of nitrogens with zero attached hydrogens (tertiary/aromatic N) is 3. The van der Waals surface area contributed by atoms with Crippen molar-refractivity contribution in [1.82, 2.24) is 14.7 Å². The molecule has 2 heterocycles. The van der Waals surface area contributed by atoms with Crippen molar-refractivity contribution in [2.24, 2.45) is 0 Å². The van der Waals surface area contributed by atoms with Crippen LogP contribution >= 0.6 is 23.2 Å². The maximum absolute atomic E-state index is 13.2. The highest BCUT2D eigenvalue weighted by molar-refractivity contribution is 6.41. The Labute approximate surface area is 175 Å². The number of likely N-dealkylation sites (tertiary alicyclic amines) is 1. The molecule has 0 atom stereocenters. The van der Waals surface area contributed by atoms with Crippen molar-refractivity contribution in [3.8, 4) is 0 Å². The van der Waals surface area contributed by atoms with Crippen LogP contribution in [0.2, 0.25) is 10.0 Å². The summed E-state index contributed by atoms with van der Waals surface area (Å²) in [6.07, 6.45) is 1.86. The highest BCUT2D eigenvalue weighted by Crippen LogP contribution is 2.37. The highest BCUT2D eigenvalue weighted by Gasteiger charge is 2.42. The van der Waals surface area contributed by atoms with E-state index in [0.717, 1.165) is 25.9 Å². The molecule has 0 saturated carbocycles. The van der Waals surface area contributed by atoms with Gasteiger partial charge in [-0.25, -0.2) is 0 Å². The number of amides is 2. The maximum atomic E-state index is 13.2. The molecular formula is C20H25Cl2N3O3. The predicted molar refractivity (Wildman–Crippen MR) is 110 cm³/mol. The molecule has 3 rings (SSSR count). The minimum atomic E-state index is -0.346. The van der Waals surface area contributed by atoms with Gasteiger partial charge in [-0.05, 0) is 45.1 Å². The van der Waals surface area contributed by atoms with Crippen LogP contribution in [0.5, 0.6) is 0 Å².